The van der Waals surface area contributed by atoms with Crippen LogP contribution in [-0.2, 0) is 14.8 Å². The molecular weight excluding hydrogens is 472 g/mol. The molecule has 1 saturated heterocycles. The van der Waals surface area contributed by atoms with Gasteiger partial charge in [0.2, 0.25) is 21.1 Å². The second kappa shape index (κ2) is 9.59. The molecule has 174 valence electrons. The minimum atomic E-state index is -4.17. The summed E-state index contributed by atoms with van der Waals surface area (Å²) in [5, 5.41) is 11.9. The predicted octanol–water partition coefficient (Wildman–Crippen LogP) is 2.74. The van der Waals surface area contributed by atoms with E-state index in [1.807, 2.05) is 31.2 Å². The van der Waals surface area contributed by atoms with Gasteiger partial charge in [0.1, 0.15) is 21.5 Å². The van der Waals surface area contributed by atoms with Crippen LogP contribution in [0.15, 0.2) is 47.4 Å². The Morgan fingerprint density at radius 1 is 1.09 bits per heavy atom. The summed E-state index contributed by atoms with van der Waals surface area (Å²) in [5.41, 5.74) is 2.01. The van der Waals surface area contributed by atoms with Gasteiger partial charge in [-0.15, -0.1) is 10.2 Å². The maximum Gasteiger partial charge on any atom is 0.246 e. The summed E-state index contributed by atoms with van der Waals surface area (Å²) in [5.74, 6) is -2.12. The first kappa shape index (κ1) is 23.4. The molecule has 2 aromatic carbocycles. The summed E-state index contributed by atoms with van der Waals surface area (Å²) in [6.07, 6.45) is 0. The summed E-state index contributed by atoms with van der Waals surface area (Å²) in [7, 11) is -4.17. The van der Waals surface area contributed by atoms with Gasteiger partial charge < -0.3 is 0 Å². The molecule has 12 heteroatoms. The molecule has 33 heavy (non-hydrogen) atoms. The van der Waals surface area contributed by atoms with Crippen LogP contribution < -0.4 is 5.32 Å². The van der Waals surface area contributed by atoms with Gasteiger partial charge in [-0.25, -0.2) is 17.2 Å². The highest BCUT2D eigenvalue weighted by Crippen LogP contribution is 2.27. The Kier molecular flexibility index (Phi) is 6.79. The van der Waals surface area contributed by atoms with Crippen LogP contribution in [0.25, 0.3) is 10.6 Å². The Hall–Kier alpha value is -2.80. The lowest BCUT2D eigenvalue weighted by molar-refractivity contribution is -0.117. The van der Waals surface area contributed by atoms with Crippen LogP contribution in [0, 0.1) is 18.6 Å². The molecule has 0 bridgehead atoms. The van der Waals surface area contributed by atoms with Crippen LogP contribution in [0.1, 0.15) is 5.56 Å². The highest BCUT2D eigenvalue weighted by atomic mass is 32.2. The molecule has 3 aromatic rings. The van der Waals surface area contributed by atoms with E-state index in [0.717, 1.165) is 27.6 Å². The SMILES string of the molecule is Cc1cccc(-c2nnc(NC(=O)CN3CCN(S(=O)(=O)c4cc(F)ccc4F)CC3)s2)c1. The number of hydrogen-bond acceptors (Lipinski definition) is 7. The number of aryl methyl sites for hydroxylation is 1. The van der Waals surface area contributed by atoms with Crippen molar-refractivity contribution in [2.24, 2.45) is 0 Å². The number of rotatable bonds is 6. The topological polar surface area (TPSA) is 95.5 Å². The number of carbonyl (C=O) groups excluding carboxylic acids is 1. The van der Waals surface area contributed by atoms with Crippen LogP contribution in [0.2, 0.25) is 0 Å². The van der Waals surface area contributed by atoms with E-state index in [1.54, 1.807) is 4.90 Å². The molecule has 1 aliphatic heterocycles. The Bertz CT molecular complexity index is 1270. The van der Waals surface area contributed by atoms with Crippen LogP contribution in [0.4, 0.5) is 13.9 Å². The van der Waals surface area contributed by atoms with Gasteiger partial charge in [-0.1, -0.05) is 35.1 Å². The molecular formula is C21H21F2N5O3S2. The number of aromatic nitrogens is 2. The molecule has 8 nitrogen and oxygen atoms in total. The van der Waals surface area contributed by atoms with E-state index in [-0.39, 0.29) is 38.6 Å². The number of nitrogens with one attached hydrogen (secondary N) is 1. The lowest BCUT2D eigenvalue weighted by atomic mass is 10.1. The molecule has 0 aliphatic carbocycles. The summed E-state index contributed by atoms with van der Waals surface area (Å²) < 4.78 is 53.8. The Morgan fingerprint density at radius 2 is 1.85 bits per heavy atom. The van der Waals surface area contributed by atoms with E-state index in [0.29, 0.717) is 16.2 Å². The fraction of sp³-hybridized carbons (Fsp3) is 0.286. The second-order valence-corrected chi connectivity index (χ2v) is 10.5. The van der Waals surface area contributed by atoms with Crippen LogP contribution in [0.3, 0.4) is 0 Å². The molecule has 0 atom stereocenters. The fourth-order valence-electron chi connectivity index (χ4n) is 3.47. The summed E-state index contributed by atoms with van der Waals surface area (Å²) in [6, 6.07) is 10.1. The third kappa shape index (κ3) is 5.41. The van der Waals surface area contributed by atoms with Gasteiger partial charge in [0.05, 0.1) is 6.54 Å². The van der Waals surface area contributed by atoms with Crippen molar-refractivity contribution in [2.75, 3.05) is 38.0 Å². The molecule has 1 N–H and O–H groups in total. The van der Waals surface area contributed by atoms with E-state index in [4.69, 9.17) is 0 Å². The van der Waals surface area contributed by atoms with Crippen LogP contribution in [-0.4, -0.2) is 66.5 Å². The Balaban J connectivity index is 1.32. The van der Waals surface area contributed by atoms with Crippen molar-refractivity contribution in [3.8, 4) is 10.6 Å². The average Bonchev–Trinajstić information content (AvgIpc) is 3.24. The minimum Gasteiger partial charge on any atom is -0.299 e. The monoisotopic (exact) mass is 493 g/mol. The molecule has 1 amide bonds. The van der Waals surface area contributed by atoms with E-state index in [2.05, 4.69) is 15.5 Å². The highest BCUT2D eigenvalue weighted by molar-refractivity contribution is 7.89. The number of carbonyl (C=O) groups is 1. The zero-order valence-electron chi connectivity index (χ0n) is 17.7. The zero-order valence-corrected chi connectivity index (χ0v) is 19.3. The second-order valence-electron chi connectivity index (χ2n) is 7.59. The molecule has 0 radical (unpaired) electrons. The zero-order chi connectivity index (χ0) is 23.6. The van der Waals surface area contributed by atoms with Crippen LogP contribution >= 0.6 is 11.3 Å². The molecule has 1 aliphatic rings. The van der Waals surface area contributed by atoms with Crippen molar-refractivity contribution in [3.63, 3.8) is 0 Å². The third-order valence-corrected chi connectivity index (χ3v) is 7.95. The predicted molar refractivity (Wildman–Crippen MR) is 120 cm³/mol. The Morgan fingerprint density at radius 3 is 2.58 bits per heavy atom. The number of nitrogens with zero attached hydrogens (tertiary/aromatic N) is 4. The first-order chi connectivity index (χ1) is 15.7. The molecule has 0 saturated carbocycles. The summed E-state index contributed by atoms with van der Waals surface area (Å²) in [6.45, 7) is 2.68. The number of amides is 1. The molecule has 4 rings (SSSR count). The van der Waals surface area contributed by atoms with Gasteiger partial charge >= 0.3 is 0 Å². The molecule has 1 aromatic heterocycles. The van der Waals surface area contributed by atoms with Crippen molar-refractivity contribution < 1.29 is 22.0 Å². The molecule has 0 spiro atoms. The van der Waals surface area contributed by atoms with Crippen LogP contribution in [0.5, 0.6) is 0 Å². The van der Waals surface area contributed by atoms with Gasteiger partial charge in [0.25, 0.3) is 0 Å². The van der Waals surface area contributed by atoms with Crippen molar-refractivity contribution in [1.82, 2.24) is 19.4 Å². The van der Waals surface area contributed by atoms with Crippen molar-refractivity contribution in [1.29, 1.82) is 0 Å². The Labute approximate surface area is 193 Å². The number of hydrogen-bond donors (Lipinski definition) is 1. The highest BCUT2D eigenvalue weighted by Gasteiger charge is 2.31. The summed E-state index contributed by atoms with van der Waals surface area (Å²) >= 11 is 1.26. The maximum atomic E-state index is 14.0. The third-order valence-electron chi connectivity index (χ3n) is 5.15. The molecule has 2 heterocycles. The van der Waals surface area contributed by atoms with Crippen molar-refractivity contribution >= 4 is 32.4 Å². The number of anilines is 1. The summed E-state index contributed by atoms with van der Waals surface area (Å²) in [4.78, 5) is 13.5. The first-order valence-corrected chi connectivity index (χ1v) is 12.4. The van der Waals surface area contributed by atoms with E-state index in [9.17, 15) is 22.0 Å². The molecule has 1 fully saturated rings. The number of sulfonamides is 1. The van der Waals surface area contributed by atoms with E-state index in [1.165, 1.54) is 11.3 Å². The lowest BCUT2D eigenvalue weighted by Crippen LogP contribution is -2.50. The first-order valence-electron chi connectivity index (χ1n) is 10.1. The van der Waals surface area contributed by atoms with Gasteiger partial charge in [-0.2, -0.15) is 4.31 Å². The smallest absolute Gasteiger partial charge is 0.246 e. The largest absolute Gasteiger partial charge is 0.299 e. The number of piperazine rings is 1. The van der Waals surface area contributed by atoms with Crippen molar-refractivity contribution in [3.05, 3.63) is 59.7 Å². The van der Waals surface area contributed by atoms with Gasteiger partial charge in [-0.05, 0) is 31.2 Å². The lowest BCUT2D eigenvalue weighted by Gasteiger charge is -2.33. The quantitative estimate of drug-likeness (QED) is 0.568. The fourth-order valence-corrected chi connectivity index (χ4v) is 5.73. The molecule has 0 unspecified atom stereocenters. The standard InChI is InChI=1S/C21H21F2N5O3S2/c1-14-3-2-4-15(11-14)20-25-26-21(32-20)24-19(29)13-27-7-9-28(10-8-27)33(30,31)18-12-16(22)5-6-17(18)23/h2-6,11-12H,7-10,13H2,1H3,(H,24,26,29). The number of halogens is 2. The van der Waals surface area contributed by atoms with Gasteiger partial charge in [0.15, 0.2) is 0 Å². The maximum absolute atomic E-state index is 14.0. The van der Waals surface area contributed by atoms with E-state index >= 15 is 0 Å². The van der Waals surface area contributed by atoms with Gasteiger partial charge in [0, 0.05) is 31.7 Å². The minimum absolute atomic E-state index is 0.0432. The van der Waals surface area contributed by atoms with Crippen molar-refractivity contribution in [2.45, 2.75) is 11.8 Å². The van der Waals surface area contributed by atoms with E-state index < -0.39 is 26.6 Å². The van der Waals surface area contributed by atoms with Gasteiger partial charge in [-0.3, -0.25) is 15.0 Å². The number of benzene rings is 2. The normalized spacial score (nSPS) is 15.5. The average molecular weight is 494 g/mol.